The molecule has 0 aliphatic carbocycles. The number of likely N-dealkylation sites (N-methyl/N-ethyl adjacent to an activating group) is 1. The lowest BCUT2D eigenvalue weighted by molar-refractivity contribution is 0.0752. The maximum absolute atomic E-state index is 15.1. The number of anilines is 1. The second-order valence-electron chi connectivity index (χ2n) is 8.34. The predicted molar refractivity (Wildman–Crippen MR) is 127 cm³/mol. The highest BCUT2D eigenvalue weighted by molar-refractivity contribution is 5.99. The Kier molecular flexibility index (Phi) is 7.37. The van der Waals surface area contributed by atoms with Crippen LogP contribution in [-0.2, 0) is 6.54 Å². The Morgan fingerprint density at radius 3 is 2.65 bits per heavy atom. The molecule has 1 unspecified atom stereocenters. The molecule has 1 aliphatic heterocycles. The van der Waals surface area contributed by atoms with Crippen LogP contribution in [0.25, 0.3) is 0 Å². The third-order valence-corrected chi connectivity index (χ3v) is 5.91. The summed E-state index contributed by atoms with van der Waals surface area (Å²) >= 11 is 0. The summed E-state index contributed by atoms with van der Waals surface area (Å²) in [5.74, 6) is -0.569. The van der Waals surface area contributed by atoms with Crippen molar-refractivity contribution in [3.63, 3.8) is 0 Å². The number of nitrogens with one attached hydrogen (secondary N) is 1. The van der Waals surface area contributed by atoms with Crippen molar-refractivity contribution in [3.8, 4) is 5.75 Å². The van der Waals surface area contributed by atoms with E-state index in [1.165, 1.54) is 17.0 Å². The van der Waals surface area contributed by atoms with Gasteiger partial charge in [-0.15, -0.1) is 0 Å². The van der Waals surface area contributed by atoms with Crippen LogP contribution in [0.15, 0.2) is 60.8 Å². The molecule has 178 valence electrons. The molecule has 1 atom stereocenters. The van der Waals surface area contributed by atoms with Crippen molar-refractivity contribution in [2.75, 3.05) is 38.6 Å². The Labute approximate surface area is 198 Å². The molecule has 6 nitrogen and oxygen atoms in total. The van der Waals surface area contributed by atoms with E-state index in [2.05, 4.69) is 10.3 Å². The topological polar surface area (TPSA) is 57.7 Å². The van der Waals surface area contributed by atoms with Crippen molar-refractivity contribution in [2.45, 2.75) is 19.1 Å². The van der Waals surface area contributed by atoms with Crippen molar-refractivity contribution in [3.05, 3.63) is 89.1 Å². The minimum atomic E-state index is -0.582. The van der Waals surface area contributed by atoms with E-state index in [4.69, 9.17) is 4.74 Å². The number of fused-ring (bicyclic) bond motifs is 1. The minimum Gasteiger partial charge on any atom is -0.486 e. The number of rotatable bonds is 8. The van der Waals surface area contributed by atoms with Gasteiger partial charge in [0, 0.05) is 44.7 Å². The fraction of sp³-hybridized carbons (Fsp3) is 0.308. The van der Waals surface area contributed by atoms with Gasteiger partial charge in [0.05, 0.1) is 11.8 Å². The fourth-order valence-corrected chi connectivity index (χ4v) is 4.03. The number of amides is 1. The molecular formula is C26H28F2N4O2. The van der Waals surface area contributed by atoms with Gasteiger partial charge in [-0.1, -0.05) is 36.4 Å². The molecule has 4 rings (SSSR count). The third-order valence-electron chi connectivity index (χ3n) is 5.91. The molecule has 0 saturated carbocycles. The molecule has 0 fully saturated rings. The number of aromatic nitrogens is 1. The first-order valence-electron chi connectivity index (χ1n) is 11.3. The molecule has 2 aromatic carbocycles. The van der Waals surface area contributed by atoms with Crippen LogP contribution < -0.4 is 15.0 Å². The monoisotopic (exact) mass is 466 g/mol. The van der Waals surface area contributed by atoms with Gasteiger partial charge in [-0.25, -0.2) is 13.8 Å². The van der Waals surface area contributed by atoms with Crippen LogP contribution in [0.1, 0.15) is 34.0 Å². The standard InChI is InChI=1S/C26H28F2N4O2/c1-29-11-10-24(18-6-4-3-5-7-18)34-21-9-8-19(23(28)15-21)17-32-13-12-31(2)25-22(26(32)33)14-20(27)16-30-25/h3-9,14-16,24,29H,10-13,17H2,1-2H3. The van der Waals surface area contributed by atoms with Crippen LogP contribution in [0.4, 0.5) is 14.6 Å². The normalized spacial score (nSPS) is 14.5. The number of pyridine rings is 1. The Morgan fingerprint density at radius 1 is 1.12 bits per heavy atom. The highest BCUT2D eigenvalue weighted by Gasteiger charge is 2.27. The predicted octanol–water partition coefficient (Wildman–Crippen LogP) is 4.18. The number of hydrogen-bond acceptors (Lipinski definition) is 5. The van der Waals surface area contributed by atoms with Gasteiger partial charge in [0.2, 0.25) is 0 Å². The van der Waals surface area contributed by atoms with Crippen LogP contribution >= 0.6 is 0 Å². The maximum Gasteiger partial charge on any atom is 0.258 e. The molecule has 1 amide bonds. The molecule has 1 aliphatic rings. The molecule has 0 spiro atoms. The van der Waals surface area contributed by atoms with Crippen molar-refractivity contribution < 1.29 is 18.3 Å². The average molecular weight is 467 g/mol. The van der Waals surface area contributed by atoms with E-state index < -0.39 is 11.6 Å². The zero-order chi connectivity index (χ0) is 24.1. The summed E-state index contributed by atoms with van der Waals surface area (Å²) in [6.45, 7) is 1.69. The summed E-state index contributed by atoms with van der Waals surface area (Å²) < 4.78 is 35.0. The van der Waals surface area contributed by atoms with Crippen LogP contribution in [0.5, 0.6) is 5.75 Å². The van der Waals surface area contributed by atoms with Crippen LogP contribution in [0, 0.1) is 11.6 Å². The molecule has 34 heavy (non-hydrogen) atoms. The van der Waals surface area contributed by atoms with E-state index >= 15 is 4.39 Å². The van der Waals surface area contributed by atoms with E-state index in [1.807, 2.05) is 37.4 Å². The van der Waals surface area contributed by atoms with E-state index in [9.17, 15) is 9.18 Å². The Balaban J connectivity index is 1.51. The summed E-state index contributed by atoms with van der Waals surface area (Å²) in [6, 6.07) is 15.7. The Morgan fingerprint density at radius 2 is 1.91 bits per heavy atom. The lowest BCUT2D eigenvalue weighted by Gasteiger charge is -2.22. The van der Waals surface area contributed by atoms with Gasteiger partial charge in [0.25, 0.3) is 5.91 Å². The first-order valence-corrected chi connectivity index (χ1v) is 11.3. The van der Waals surface area contributed by atoms with E-state index in [1.54, 1.807) is 24.1 Å². The quantitative estimate of drug-likeness (QED) is 0.540. The molecule has 0 bridgehead atoms. The lowest BCUT2D eigenvalue weighted by Crippen LogP contribution is -2.33. The van der Waals surface area contributed by atoms with Gasteiger partial charge in [0.15, 0.2) is 0 Å². The minimum absolute atomic E-state index is 0.0661. The second kappa shape index (κ2) is 10.6. The van der Waals surface area contributed by atoms with Gasteiger partial charge in [-0.05, 0) is 31.3 Å². The third kappa shape index (κ3) is 5.34. The molecule has 0 saturated heterocycles. The number of halogens is 2. The van der Waals surface area contributed by atoms with Crippen molar-refractivity contribution in [1.29, 1.82) is 0 Å². The highest BCUT2D eigenvalue weighted by atomic mass is 19.1. The van der Waals surface area contributed by atoms with Crippen molar-refractivity contribution >= 4 is 11.7 Å². The average Bonchev–Trinajstić information content (AvgIpc) is 2.95. The first kappa shape index (κ1) is 23.6. The molecular weight excluding hydrogens is 438 g/mol. The zero-order valence-corrected chi connectivity index (χ0v) is 19.3. The molecule has 1 N–H and O–H groups in total. The summed E-state index contributed by atoms with van der Waals surface area (Å²) in [5.41, 5.74) is 1.55. The van der Waals surface area contributed by atoms with Gasteiger partial charge >= 0.3 is 0 Å². The van der Waals surface area contributed by atoms with Crippen molar-refractivity contribution in [2.24, 2.45) is 0 Å². The maximum atomic E-state index is 15.1. The first-order chi connectivity index (χ1) is 16.5. The molecule has 3 aromatic rings. The van der Waals surface area contributed by atoms with E-state index in [-0.39, 0.29) is 24.1 Å². The van der Waals surface area contributed by atoms with Crippen LogP contribution in [0.2, 0.25) is 0 Å². The van der Waals surface area contributed by atoms with Crippen molar-refractivity contribution in [1.82, 2.24) is 15.2 Å². The summed E-state index contributed by atoms with van der Waals surface area (Å²) in [5, 5.41) is 3.12. The van der Waals surface area contributed by atoms with E-state index in [0.29, 0.717) is 30.2 Å². The Bertz CT molecular complexity index is 1140. The summed E-state index contributed by atoms with van der Waals surface area (Å²) in [7, 11) is 3.67. The SMILES string of the molecule is CNCCC(Oc1ccc(CN2CCN(C)c3ncc(F)cc3C2=O)c(F)c1)c1ccccc1. The molecule has 0 radical (unpaired) electrons. The van der Waals surface area contributed by atoms with Gasteiger partial charge in [0.1, 0.15) is 29.3 Å². The number of hydrogen-bond donors (Lipinski definition) is 1. The van der Waals surface area contributed by atoms with Gasteiger partial charge < -0.3 is 19.9 Å². The Hall–Kier alpha value is -3.52. The largest absolute Gasteiger partial charge is 0.486 e. The van der Waals surface area contributed by atoms with E-state index in [0.717, 1.165) is 24.7 Å². The fourth-order valence-electron chi connectivity index (χ4n) is 4.03. The number of carbonyl (C=O) groups excluding carboxylic acids is 1. The summed E-state index contributed by atoms with van der Waals surface area (Å²) in [4.78, 5) is 20.4. The van der Waals surface area contributed by atoms with Gasteiger partial charge in [-0.2, -0.15) is 0 Å². The molecule has 2 heterocycles. The number of nitrogens with zero attached hydrogens (tertiary/aromatic N) is 3. The zero-order valence-electron chi connectivity index (χ0n) is 19.3. The smallest absolute Gasteiger partial charge is 0.258 e. The number of ether oxygens (including phenoxy) is 1. The van der Waals surface area contributed by atoms with Gasteiger partial charge in [-0.3, -0.25) is 4.79 Å². The van der Waals surface area contributed by atoms with Crippen LogP contribution in [-0.4, -0.2) is 49.5 Å². The number of carbonyl (C=O) groups is 1. The summed E-state index contributed by atoms with van der Waals surface area (Å²) in [6.07, 6.45) is 1.60. The highest BCUT2D eigenvalue weighted by Crippen LogP contribution is 2.28. The lowest BCUT2D eigenvalue weighted by atomic mass is 10.1. The molecule has 1 aromatic heterocycles. The molecule has 8 heteroatoms. The number of benzene rings is 2. The second-order valence-corrected chi connectivity index (χ2v) is 8.34. The van der Waals surface area contributed by atoms with Crippen LogP contribution in [0.3, 0.4) is 0 Å².